The van der Waals surface area contributed by atoms with Gasteiger partial charge in [0.25, 0.3) is 0 Å². The molecule has 0 amide bonds. The Morgan fingerprint density at radius 2 is 0.732 bits per heavy atom. The summed E-state index contributed by atoms with van der Waals surface area (Å²) in [5.41, 5.74) is 24.2. The maximum atomic E-state index is 2.45. The van der Waals surface area contributed by atoms with E-state index < -0.39 is 0 Å². The molecular weight excluding hydrogens is 857 g/mol. The quantitative estimate of drug-likeness (QED) is 0.140. The zero-order valence-corrected chi connectivity index (χ0v) is 39.8. The molecule has 12 aromatic rings. The summed E-state index contributed by atoms with van der Waals surface area (Å²) >= 11 is 0. The predicted octanol–water partition coefficient (Wildman–Crippen LogP) is 18.9. The van der Waals surface area contributed by atoms with Gasteiger partial charge < -0.3 is 9.47 Å². The van der Waals surface area contributed by atoms with E-state index in [0.29, 0.717) is 0 Å². The summed E-state index contributed by atoms with van der Waals surface area (Å²) in [5.74, 6) is 0. The molecule has 0 spiro atoms. The van der Waals surface area contributed by atoms with Crippen LogP contribution >= 0.6 is 0 Å². The Hall–Kier alpha value is -8.98. The van der Waals surface area contributed by atoms with Gasteiger partial charge in [0.15, 0.2) is 0 Å². The van der Waals surface area contributed by atoms with Crippen LogP contribution in [0.1, 0.15) is 25.0 Å². The van der Waals surface area contributed by atoms with Crippen molar-refractivity contribution < 1.29 is 0 Å². The van der Waals surface area contributed by atoms with Crippen molar-refractivity contribution in [2.24, 2.45) is 0 Å². The topological polar surface area (TPSA) is 8.17 Å². The monoisotopic (exact) mass is 906 g/mol. The van der Waals surface area contributed by atoms with Crippen LogP contribution in [0.2, 0.25) is 0 Å². The van der Waals surface area contributed by atoms with Crippen molar-refractivity contribution in [2.45, 2.75) is 19.3 Å². The van der Waals surface area contributed by atoms with Crippen molar-refractivity contribution in [3.05, 3.63) is 278 Å². The highest BCUT2D eigenvalue weighted by Crippen LogP contribution is 2.51. The van der Waals surface area contributed by atoms with Crippen LogP contribution in [0.25, 0.3) is 94.3 Å². The molecule has 1 heterocycles. The van der Waals surface area contributed by atoms with Crippen LogP contribution in [-0.2, 0) is 5.41 Å². The molecule has 2 heteroatoms. The van der Waals surface area contributed by atoms with Crippen molar-refractivity contribution in [3.63, 3.8) is 0 Å². The second-order valence-corrected chi connectivity index (χ2v) is 19.3. The van der Waals surface area contributed by atoms with E-state index in [1.807, 2.05) is 0 Å². The third kappa shape index (κ3) is 7.35. The molecule has 1 aliphatic rings. The van der Waals surface area contributed by atoms with Gasteiger partial charge in [-0.2, -0.15) is 0 Å². The van der Waals surface area contributed by atoms with Gasteiger partial charge >= 0.3 is 0 Å². The van der Waals surface area contributed by atoms with Gasteiger partial charge in [0.2, 0.25) is 0 Å². The minimum Gasteiger partial charge on any atom is -0.310 e. The Morgan fingerprint density at radius 3 is 1.34 bits per heavy atom. The predicted molar refractivity (Wildman–Crippen MR) is 300 cm³/mol. The summed E-state index contributed by atoms with van der Waals surface area (Å²) in [4.78, 5) is 2.40. The molecule has 1 aliphatic carbocycles. The van der Waals surface area contributed by atoms with E-state index in [0.717, 1.165) is 22.7 Å². The Bertz CT molecular complexity index is 3890. The summed E-state index contributed by atoms with van der Waals surface area (Å²) < 4.78 is 2.45. The van der Waals surface area contributed by atoms with Crippen LogP contribution < -0.4 is 4.90 Å². The summed E-state index contributed by atoms with van der Waals surface area (Å²) in [7, 11) is 0. The number of nitrogens with zero attached hydrogens (tertiary/aromatic N) is 2. The highest BCUT2D eigenvalue weighted by molar-refractivity contribution is 6.16. The smallest absolute Gasteiger partial charge is 0.0619 e. The number of para-hydroxylation sites is 1. The van der Waals surface area contributed by atoms with Crippen LogP contribution in [-0.4, -0.2) is 4.57 Å². The number of anilines is 3. The highest BCUT2D eigenvalue weighted by atomic mass is 15.1. The fourth-order valence-corrected chi connectivity index (χ4v) is 11.2. The van der Waals surface area contributed by atoms with Gasteiger partial charge in [-0.3, -0.25) is 0 Å². The third-order valence-electron chi connectivity index (χ3n) is 14.8. The molecule has 0 fully saturated rings. The van der Waals surface area contributed by atoms with Crippen molar-refractivity contribution in [3.8, 4) is 72.4 Å². The third-order valence-corrected chi connectivity index (χ3v) is 14.8. The van der Waals surface area contributed by atoms with Crippen molar-refractivity contribution in [2.75, 3.05) is 4.90 Å². The fraction of sp³-hybridized carbons (Fsp3) is 0.0435. The van der Waals surface area contributed by atoms with Gasteiger partial charge in [-0.25, -0.2) is 0 Å². The maximum Gasteiger partial charge on any atom is 0.0619 e. The second-order valence-electron chi connectivity index (χ2n) is 19.3. The van der Waals surface area contributed by atoms with Crippen molar-refractivity contribution in [1.29, 1.82) is 0 Å². The van der Waals surface area contributed by atoms with Crippen LogP contribution in [0.5, 0.6) is 0 Å². The van der Waals surface area contributed by atoms with Gasteiger partial charge in [-0.1, -0.05) is 208 Å². The lowest BCUT2D eigenvalue weighted by Gasteiger charge is -2.28. The Kier molecular flexibility index (Phi) is 10.2. The number of benzene rings is 11. The van der Waals surface area contributed by atoms with E-state index in [9.17, 15) is 0 Å². The van der Waals surface area contributed by atoms with Gasteiger partial charge in [0, 0.05) is 44.5 Å². The Labute approximate surface area is 416 Å². The summed E-state index contributed by atoms with van der Waals surface area (Å²) in [6.45, 7) is 4.71. The molecule has 1 aromatic heterocycles. The van der Waals surface area contributed by atoms with Crippen LogP contribution in [0.3, 0.4) is 0 Å². The van der Waals surface area contributed by atoms with E-state index >= 15 is 0 Å². The first kappa shape index (κ1) is 42.1. The summed E-state index contributed by atoms with van der Waals surface area (Å²) in [6.07, 6.45) is 0. The minimum absolute atomic E-state index is 0.106. The molecule has 0 radical (unpaired) electrons. The molecule has 11 aromatic carbocycles. The Balaban J connectivity index is 0.872. The minimum atomic E-state index is -0.106. The number of hydrogen-bond acceptors (Lipinski definition) is 1. The van der Waals surface area contributed by atoms with Gasteiger partial charge in [0.05, 0.1) is 11.0 Å². The SMILES string of the molecule is CC1(C)c2ccccc2-c2ccc(N(c3ccc(-c4ccccc4)cc3)c3ccc(-c4ccc(-c5ccc6c(c5)c5cc(-c7ccccc7)cc(-c7ccccc7)c5n6-c5ccccc5)cc4)cc3)cc21. The zero-order chi connectivity index (χ0) is 47.5. The van der Waals surface area contributed by atoms with Gasteiger partial charge in [-0.05, 0) is 145 Å². The molecule has 336 valence electrons. The van der Waals surface area contributed by atoms with Gasteiger partial charge in [0.1, 0.15) is 0 Å². The average Bonchev–Trinajstić information content (AvgIpc) is 3.89. The lowest BCUT2D eigenvalue weighted by molar-refractivity contribution is 0.660. The van der Waals surface area contributed by atoms with Gasteiger partial charge in [-0.15, -0.1) is 0 Å². The van der Waals surface area contributed by atoms with E-state index in [-0.39, 0.29) is 5.41 Å². The molecule has 0 aliphatic heterocycles. The fourth-order valence-electron chi connectivity index (χ4n) is 11.2. The van der Waals surface area contributed by atoms with Crippen LogP contribution in [0, 0.1) is 0 Å². The molecule has 2 nitrogen and oxygen atoms in total. The van der Waals surface area contributed by atoms with Crippen molar-refractivity contribution in [1.82, 2.24) is 4.57 Å². The molecule has 0 saturated heterocycles. The lowest BCUT2D eigenvalue weighted by Crippen LogP contribution is -2.16. The standard InChI is InChI=1S/C69H50N2/c1-69(2)65-26-16-15-25-60(65)61-41-40-59(46-66(61)69)70(57-36-31-50(32-37-57)47-17-7-3-8-18-47)58-38-33-51(34-39-58)49-27-29-52(30-28-49)54-35-42-67-63(43-54)64-45-55(48-19-9-4-10-20-48)44-62(53-21-11-5-12-22-53)68(64)71(67)56-23-13-6-14-24-56/h3-46H,1-2H3. The molecule has 0 unspecified atom stereocenters. The Morgan fingerprint density at radius 1 is 0.296 bits per heavy atom. The van der Waals surface area contributed by atoms with E-state index in [1.165, 1.54) is 99.7 Å². The van der Waals surface area contributed by atoms with E-state index in [4.69, 9.17) is 0 Å². The summed E-state index contributed by atoms with van der Waals surface area (Å²) in [6, 6.07) is 97.7. The largest absolute Gasteiger partial charge is 0.310 e. The maximum absolute atomic E-state index is 2.45. The molecule has 71 heavy (non-hydrogen) atoms. The first-order valence-corrected chi connectivity index (χ1v) is 24.7. The number of hydrogen-bond donors (Lipinski definition) is 0. The number of fused-ring (bicyclic) bond motifs is 6. The normalized spacial score (nSPS) is 12.5. The second kappa shape index (κ2) is 17.2. The van der Waals surface area contributed by atoms with Crippen LogP contribution in [0.15, 0.2) is 267 Å². The molecular formula is C69H50N2. The number of rotatable bonds is 9. The zero-order valence-electron chi connectivity index (χ0n) is 39.8. The molecule has 0 atom stereocenters. The molecule has 0 saturated carbocycles. The molecule has 0 N–H and O–H groups in total. The first-order chi connectivity index (χ1) is 35.0. The van der Waals surface area contributed by atoms with Crippen LogP contribution in [0.4, 0.5) is 17.1 Å². The van der Waals surface area contributed by atoms with Crippen molar-refractivity contribution >= 4 is 38.9 Å². The highest BCUT2D eigenvalue weighted by Gasteiger charge is 2.35. The lowest BCUT2D eigenvalue weighted by atomic mass is 9.82. The first-order valence-electron chi connectivity index (χ1n) is 24.7. The van der Waals surface area contributed by atoms with E-state index in [2.05, 4.69) is 290 Å². The average molecular weight is 907 g/mol. The molecule has 13 rings (SSSR count). The number of aromatic nitrogens is 1. The summed E-state index contributed by atoms with van der Waals surface area (Å²) in [5, 5.41) is 2.46. The molecule has 0 bridgehead atoms. The van der Waals surface area contributed by atoms with E-state index in [1.54, 1.807) is 0 Å².